The fourth-order valence-corrected chi connectivity index (χ4v) is 5.86. The van der Waals surface area contributed by atoms with Gasteiger partial charge in [0.2, 0.25) is 0 Å². The quantitative estimate of drug-likeness (QED) is 0.541. The summed E-state index contributed by atoms with van der Waals surface area (Å²) in [6.07, 6.45) is 11.8. The van der Waals surface area contributed by atoms with Crippen LogP contribution in [0.1, 0.15) is 56.9 Å². The van der Waals surface area contributed by atoms with Gasteiger partial charge in [0, 0.05) is 41.9 Å². The van der Waals surface area contributed by atoms with Gasteiger partial charge in [-0.1, -0.05) is 30.4 Å². The molecular weight excluding hydrogens is 424 g/mol. The summed E-state index contributed by atoms with van der Waals surface area (Å²) >= 11 is 0. The van der Waals surface area contributed by atoms with Gasteiger partial charge >= 0.3 is 0 Å². The first-order valence-corrected chi connectivity index (χ1v) is 11.9. The Morgan fingerprint density at radius 3 is 2.79 bits per heavy atom. The van der Waals surface area contributed by atoms with Gasteiger partial charge in [-0.3, -0.25) is 9.48 Å². The Hall–Kier alpha value is -3.51. The molecule has 0 saturated carbocycles. The highest BCUT2D eigenvalue weighted by Gasteiger charge is 2.51. The number of rotatable bonds is 6. The number of carbonyl (C=O) groups excluding carboxylic acids is 1. The van der Waals surface area contributed by atoms with Crippen molar-refractivity contribution in [3.8, 4) is 0 Å². The first kappa shape index (κ1) is 21.1. The highest BCUT2D eigenvalue weighted by Crippen LogP contribution is 2.59. The average molecular weight is 453 g/mol. The van der Waals surface area contributed by atoms with Gasteiger partial charge in [0.15, 0.2) is 5.78 Å². The molecule has 0 spiro atoms. The molecule has 2 aliphatic heterocycles. The first-order valence-electron chi connectivity index (χ1n) is 11.9. The van der Waals surface area contributed by atoms with Crippen molar-refractivity contribution < 1.29 is 9.53 Å². The highest BCUT2D eigenvalue weighted by atomic mass is 16.5. The fraction of sp³-hybridized carbons (Fsp3) is 0.321. The molecule has 1 aliphatic carbocycles. The Bertz CT molecular complexity index is 1320. The van der Waals surface area contributed by atoms with Crippen LogP contribution in [0.2, 0.25) is 0 Å². The van der Waals surface area contributed by atoms with Crippen molar-refractivity contribution in [2.24, 2.45) is 11.8 Å². The minimum Gasteiger partial charge on any atom is -0.384 e. The lowest BCUT2D eigenvalue weighted by atomic mass is 9.72. The lowest BCUT2D eigenvalue weighted by molar-refractivity contribution is 0.0603. The van der Waals surface area contributed by atoms with Gasteiger partial charge in [0.05, 0.1) is 18.8 Å². The molecule has 2 bridgehead atoms. The van der Waals surface area contributed by atoms with Gasteiger partial charge in [-0.2, -0.15) is 5.10 Å². The summed E-state index contributed by atoms with van der Waals surface area (Å²) in [6.45, 7) is 4.74. The SMILES string of the molecule is Cc1cc(N)nc(C)c1CCC(=O)c1ccc2c(c1)C1OC2C2C=CC(Cn3cccn3)=CC12. The summed E-state index contributed by atoms with van der Waals surface area (Å²) in [5, 5.41) is 4.33. The number of benzene rings is 1. The van der Waals surface area contributed by atoms with Crippen molar-refractivity contribution in [2.45, 2.75) is 45.4 Å². The number of aromatic nitrogens is 3. The van der Waals surface area contributed by atoms with Crippen LogP contribution in [0.4, 0.5) is 5.82 Å². The molecule has 4 unspecified atom stereocenters. The first-order chi connectivity index (χ1) is 16.5. The molecule has 4 atom stereocenters. The zero-order valence-corrected chi connectivity index (χ0v) is 19.4. The topological polar surface area (TPSA) is 83.0 Å². The molecule has 2 N–H and O–H groups in total. The van der Waals surface area contributed by atoms with E-state index < -0.39 is 0 Å². The third-order valence-corrected chi connectivity index (χ3v) is 7.48. The van der Waals surface area contributed by atoms with E-state index in [2.05, 4.69) is 40.4 Å². The lowest BCUT2D eigenvalue weighted by Gasteiger charge is -2.29. The molecule has 1 aromatic carbocycles. The minimum atomic E-state index is 0.00103. The maximum absolute atomic E-state index is 13.1. The second kappa shape index (κ2) is 8.06. The molecule has 34 heavy (non-hydrogen) atoms. The van der Waals surface area contributed by atoms with Crippen LogP contribution in [0.25, 0.3) is 0 Å². The summed E-state index contributed by atoms with van der Waals surface area (Å²) in [5.74, 6) is 1.32. The number of allylic oxidation sites excluding steroid dienone is 2. The predicted molar refractivity (Wildman–Crippen MR) is 130 cm³/mol. The number of carbonyl (C=O) groups is 1. The van der Waals surface area contributed by atoms with Gasteiger partial charge in [-0.05, 0) is 66.3 Å². The van der Waals surface area contributed by atoms with E-state index in [1.165, 1.54) is 16.7 Å². The number of aryl methyl sites for hydroxylation is 2. The number of ketones is 1. The Balaban J connectivity index is 1.21. The van der Waals surface area contributed by atoms with Crippen LogP contribution in [-0.4, -0.2) is 20.5 Å². The van der Waals surface area contributed by atoms with E-state index in [4.69, 9.17) is 10.5 Å². The van der Waals surface area contributed by atoms with E-state index in [9.17, 15) is 4.79 Å². The maximum atomic E-state index is 13.1. The van der Waals surface area contributed by atoms with Gasteiger partial charge in [0.1, 0.15) is 5.82 Å². The van der Waals surface area contributed by atoms with Crippen molar-refractivity contribution in [2.75, 3.05) is 5.73 Å². The number of Topliss-reactive ketones (excluding diaryl/α,β-unsaturated/α-hetero) is 1. The molecule has 6 nitrogen and oxygen atoms in total. The van der Waals surface area contributed by atoms with Crippen LogP contribution in [0.5, 0.6) is 0 Å². The highest BCUT2D eigenvalue weighted by molar-refractivity contribution is 5.96. The number of nitrogens with two attached hydrogens (primary N) is 1. The van der Waals surface area contributed by atoms with Crippen molar-refractivity contribution in [1.29, 1.82) is 0 Å². The summed E-state index contributed by atoms with van der Waals surface area (Å²) in [7, 11) is 0. The van der Waals surface area contributed by atoms with E-state index in [1.807, 2.05) is 42.9 Å². The number of hydrogen-bond donors (Lipinski definition) is 1. The maximum Gasteiger partial charge on any atom is 0.163 e. The van der Waals surface area contributed by atoms with Crippen molar-refractivity contribution >= 4 is 11.6 Å². The largest absolute Gasteiger partial charge is 0.384 e. The van der Waals surface area contributed by atoms with E-state index in [0.717, 1.165) is 28.9 Å². The molecule has 6 heteroatoms. The monoisotopic (exact) mass is 452 g/mol. The van der Waals surface area contributed by atoms with Crippen LogP contribution in [0, 0.1) is 25.7 Å². The minimum absolute atomic E-state index is 0.00103. The van der Waals surface area contributed by atoms with E-state index in [0.29, 0.717) is 30.5 Å². The third kappa shape index (κ3) is 3.49. The molecular formula is C28H28N4O2. The van der Waals surface area contributed by atoms with Crippen LogP contribution < -0.4 is 5.73 Å². The zero-order valence-electron chi connectivity index (χ0n) is 19.4. The fourth-order valence-electron chi connectivity index (χ4n) is 5.86. The zero-order chi connectivity index (χ0) is 23.4. The smallest absolute Gasteiger partial charge is 0.163 e. The van der Waals surface area contributed by atoms with E-state index in [-0.39, 0.29) is 18.0 Å². The van der Waals surface area contributed by atoms with Crippen molar-refractivity contribution in [1.82, 2.24) is 14.8 Å². The molecule has 0 amide bonds. The van der Waals surface area contributed by atoms with Crippen LogP contribution in [-0.2, 0) is 17.7 Å². The van der Waals surface area contributed by atoms with Gasteiger partial charge in [0.25, 0.3) is 0 Å². The molecule has 6 rings (SSSR count). The average Bonchev–Trinajstić information content (AvgIpc) is 3.54. The van der Waals surface area contributed by atoms with Crippen LogP contribution in [0.15, 0.2) is 66.5 Å². The summed E-state index contributed by atoms with van der Waals surface area (Å²) in [5.41, 5.74) is 13.4. The molecule has 4 heterocycles. The summed E-state index contributed by atoms with van der Waals surface area (Å²) in [6, 6.07) is 9.95. The van der Waals surface area contributed by atoms with Gasteiger partial charge in [-0.25, -0.2) is 4.98 Å². The van der Waals surface area contributed by atoms with Crippen LogP contribution in [0.3, 0.4) is 0 Å². The number of ether oxygens (including phenoxy) is 1. The van der Waals surface area contributed by atoms with Crippen molar-refractivity contribution in [3.63, 3.8) is 0 Å². The Morgan fingerprint density at radius 2 is 2.00 bits per heavy atom. The van der Waals surface area contributed by atoms with E-state index in [1.54, 1.807) is 6.20 Å². The van der Waals surface area contributed by atoms with Crippen molar-refractivity contribution in [3.05, 3.63) is 100 Å². The third-order valence-electron chi connectivity index (χ3n) is 7.48. The van der Waals surface area contributed by atoms with E-state index >= 15 is 0 Å². The number of pyridine rings is 1. The normalized spacial score (nSPS) is 24.1. The summed E-state index contributed by atoms with van der Waals surface area (Å²) in [4.78, 5) is 17.5. The Labute approximate surface area is 199 Å². The molecule has 172 valence electrons. The van der Waals surface area contributed by atoms with Crippen LogP contribution >= 0.6 is 0 Å². The Kier molecular flexibility index (Phi) is 4.99. The second-order valence-electron chi connectivity index (χ2n) is 9.63. The lowest BCUT2D eigenvalue weighted by Crippen LogP contribution is -2.22. The Morgan fingerprint density at radius 1 is 1.15 bits per heavy atom. The molecule has 1 fully saturated rings. The molecule has 3 aromatic rings. The predicted octanol–water partition coefficient (Wildman–Crippen LogP) is 4.85. The summed E-state index contributed by atoms with van der Waals surface area (Å²) < 4.78 is 8.37. The molecule has 2 aromatic heterocycles. The molecule has 3 aliphatic rings. The molecule has 0 radical (unpaired) electrons. The number of nitrogens with zero attached hydrogens (tertiary/aromatic N) is 3. The number of fused-ring (bicyclic) bond motifs is 8. The number of hydrogen-bond acceptors (Lipinski definition) is 5. The standard InChI is InChI=1S/C28H28N4O2/c1-16-12-26(29)31-17(2)20(16)8-9-25(33)19-5-7-22-24(14-19)28-23-13-18(15-32-11-3-10-30-32)4-6-21(23)27(22)34-28/h3-7,10-14,21,23,27-28H,8-9,15H2,1-2H3,(H2,29,31). The second-order valence-corrected chi connectivity index (χ2v) is 9.63. The molecule has 1 saturated heterocycles. The number of anilines is 1. The van der Waals surface area contributed by atoms with Gasteiger partial charge < -0.3 is 10.5 Å². The van der Waals surface area contributed by atoms with Gasteiger partial charge in [-0.15, -0.1) is 0 Å². The number of nitrogen functional groups attached to an aromatic ring is 1.